The van der Waals surface area contributed by atoms with Crippen molar-refractivity contribution in [3.8, 4) is 5.75 Å². The Balaban J connectivity index is 2.02. The Bertz CT molecular complexity index is 890. The van der Waals surface area contributed by atoms with E-state index in [1.165, 1.54) is 30.7 Å². The molecule has 1 aromatic heterocycles. The molecule has 2 N–H and O–H groups in total. The molecule has 0 saturated heterocycles. The van der Waals surface area contributed by atoms with Gasteiger partial charge < -0.3 is 9.47 Å². The van der Waals surface area contributed by atoms with Gasteiger partial charge in [-0.15, -0.1) is 11.3 Å². The maximum absolute atomic E-state index is 12.0. The van der Waals surface area contributed by atoms with Crippen LogP contribution < -0.4 is 9.88 Å². The molecule has 2 aromatic rings. The van der Waals surface area contributed by atoms with Crippen LogP contribution in [0.5, 0.6) is 5.75 Å². The second-order valence-electron chi connectivity index (χ2n) is 4.55. The summed E-state index contributed by atoms with van der Waals surface area (Å²) in [6.45, 7) is -0.512. The van der Waals surface area contributed by atoms with Gasteiger partial charge in [0.05, 0.1) is 17.7 Å². The molecule has 2 rings (SSSR count). The maximum atomic E-state index is 12.0. The third-order valence-electron chi connectivity index (χ3n) is 2.90. The van der Waals surface area contributed by atoms with Gasteiger partial charge in [-0.25, -0.2) is 18.4 Å². The SMILES string of the molecule is COc1ccc(C(=O)COC(=O)c2csc(S(N)(=O)=O)c2)cc1Cl. The van der Waals surface area contributed by atoms with E-state index >= 15 is 0 Å². The van der Waals surface area contributed by atoms with Crippen molar-refractivity contribution in [1.82, 2.24) is 0 Å². The second-order valence-corrected chi connectivity index (χ2v) is 7.65. The zero-order chi connectivity index (χ0) is 17.9. The highest BCUT2D eigenvalue weighted by Crippen LogP contribution is 2.25. The normalized spacial score (nSPS) is 11.1. The summed E-state index contributed by atoms with van der Waals surface area (Å²) in [5.41, 5.74) is 0.258. The van der Waals surface area contributed by atoms with E-state index in [-0.39, 0.29) is 20.4 Å². The Kier molecular flexibility index (Phi) is 5.60. The lowest BCUT2D eigenvalue weighted by molar-refractivity contribution is 0.0475. The predicted octanol–water partition coefficient (Wildman–Crippen LogP) is 2.10. The largest absolute Gasteiger partial charge is 0.495 e. The van der Waals surface area contributed by atoms with Crippen molar-refractivity contribution >= 4 is 44.7 Å². The quantitative estimate of drug-likeness (QED) is 0.598. The molecule has 0 radical (unpaired) electrons. The van der Waals surface area contributed by atoms with Crippen molar-refractivity contribution in [2.75, 3.05) is 13.7 Å². The fourth-order valence-corrected chi connectivity index (χ4v) is 3.54. The van der Waals surface area contributed by atoms with Gasteiger partial charge in [0.25, 0.3) is 0 Å². The highest BCUT2D eigenvalue weighted by Gasteiger charge is 2.18. The van der Waals surface area contributed by atoms with Gasteiger partial charge in [-0.1, -0.05) is 11.6 Å². The Morgan fingerprint density at radius 3 is 2.50 bits per heavy atom. The zero-order valence-corrected chi connectivity index (χ0v) is 14.7. The van der Waals surface area contributed by atoms with Gasteiger partial charge in [-0.3, -0.25) is 4.79 Å². The van der Waals surface area contributed by atoms with Crippen molar-refractivity contribution in [2.45, 2.75) is 4.21 Å². The van der Waals surface area contributed by atoms with E-state index in [0.29, 0.717) is 5.75 Å². The number of carbonyl (C=O) groups is 2. The van der Waals surface area contributed by atoms with Crippen LogP contribution in [0.4, 0.5) is 0 Å². The third kappa shape index (κ3) is 4.32. The number of benzene rings is 1. The molecule has 0 spiro atoms. The van der Waals surface area contributed by atoms with Crippen LogP contribution in [0.1, 0.15) is 20.7 Å². The van der Waals surface area contributed by atoms with Crippen molar-refractivity contribution in [1.29, 1.82) is 0 Å². The number of esters is 1. The Morgan fingerprint density at radius 2 is 1.96 bits per heavy atom. The summed E-state index contributed by atoms with van der Waals surface area (Å²) in [5.74, 6) is -0.872. The van der Waals surface area contributed by atoms with Gasteiger partial charge in [-0.05, 0) is 24.3 Å². The summed E-state index contributed by atoms with van der Waals surface area (Å²) in [6.07, 6.45) is 0. The fourth-order valence-electron chi connectivity index (χ4n) is 1.71. The van der Waals surface area contributed by atoms with E-state index in [0.717, 1.165) is 17.4 Å². The summed E-state index contributed by atoms with van der Waals surface area (Å²) in [4.78, 5) is 23.8. The molecule has 0 aliphatic rings. The summed E-state index contributed by atoms with van der Waals surface area (Å²) < 4.78 is 32.0. The van der Waals surface area contributed by atoms with Crippen LogP contribution in [0.25, 0.3) is 0 Å². The van der Waals surface area contributed by atoms with E-state index < -0.39 is 28.4 Å². The predicted molar refractivity (Wildman–Crippen MR) is 88.3 cm³/mol. The van der Waals surface area contributed by atoms with E-state index in [1.807, 2.05) is 0 Å². The summed E-state index contributed by atoms with van der Waals surface area (Å²) in [6, 6.07) is 5.51. The molecule has 1 heterocycles. The van der Waals surface area contributed by atoms with Gasteiger partial charge >= 0.3 is 5.97 Å². The van der Waals surface area contributed by atoms with E-state index in [4.69, 9.17) is 26.2 Å². The number of carbonyl (C=O) groups excluding carboxylic acids is 2. The second kappa shape index (κ2) is 7.31. The number of rotatable bonds is 6. The molecule has 0 amide bonds. The molecular formula is C14H12ClNO6S2. The van der Waals surface area contributed by atoms with Gasteiger partial charge in [0.15, 0.2) is 12.4 Å². The fraction of sp³-hybridized carbons (Fsp3) is 0.143. The molecule has 0 unspecified atom stereocenters. The highest BCUT2D eigenvalue weighted by molar-refractivity contribution is 7.91. The number of sulfonamides is 1. The molecule has 0 fully saturated rings. The van der Waals surface area contributed by atoms with E-state index in [1.54, 1.807) is 0 Å². The van der Waals surface area contributed by atoms with Crippen LogP contribution >= 0.6 is 22.9 Å². The minimum absolute atomic E-state index is 0.00425. The summed E-state index contributed by atoms with van der Waals surface area (Å²) >= 11 is 6.72. The molecule has 1 aromatic carbocycles. The van der Waals surface area contributed by atoms with Crippen LogP contribution in [-0.4, -0.2) is 33.9 Å². The number of hydrogen-bond acceptors (Lipinski definition) is 7. The standard InChI is InChI=1S/C14H12ClNO6S2/c1-21-12-3-2-8(4-10(12)15)11(17)6-22-14(18)9-5-13(23-7-9)24(16,19)20/h2-5,7H,6H2,1H3,(H2,16,19,20). The van der Waals surface area contributed by atoms with Gasteiger partial charge in [0.1, 0.15) is 9.96 Å². The summed E-state index contributed by atoms with van der Waals surface area (Å²) in [7, 11) is -2.44. The molecule has 0 aliphatic heterocycles. The van der Waals surface area contributed by atoms with Crippen molar-refractivity contribution in [3.63, 3.8) is 0 Å². The number of Topliss-reactive ketones (excluding diaryl/α,β-unsaturated/α-hetero) is 1. The molecule has 10 heteroatoms. The number of nitrogens with two attached hydrogens (primary N) is 1. The lowest BCUT2D eigenvalue weighted by Gasteiger charge is -2.06. The van der Waals surface area contributed by atoms with Gasteiger partial charge in [-0.2, -0.15) is 0 Å². The number of hydrogen-bond donors (Lipinski definition) is 1. The number of ether oxygens (including phenoxy) is 2. The lowest BCUT2D eigenvalue weighted by atomic mass is 10.1. The lowest BCUT2D eigenvalue weighted by Crippen LogP contribution is -2.14. The van der Waals surface area contributed by atoms with Gasteiger partial charge in [0, 0.05) is 10.9 Å². The number of ketones is 1. The summed E-state index contributed by atoms with van der Waals surface area (Å²) in [5, 5.41) is 6.50. The van der Waals surface area contributed by atoms with Crippen LogP contribution in [0.15, 0.2) is 33.9 Å². The highest BCUT2D eigenvalue weighted by atomic mass is 35.5. The monoisotopic (exact) mass is 389 g/mol. The average Bonchev–Trinajstić information content (AvgIpc) is 3.02. The Labute approximate surface area is 147 Å². The Morgan fingerprint density at radius 1 is 1.25 bits per heavy atom. The van der Waals surface area contributed by atoms with Crippen LogP contribution in [0.2, 0.25) is 5.02 Å². The number of primary sulfonamides is 1. The number of halogens is 1. The van der Waals surface area contributed by atoms with Crippen molar-refractivity contribution in [3.05, 3.63) is 45.8 Å². The topological polar surface area (TPSA) is 113 Å². The molecule has 0 aliphatic carbocycles. The molecule has 7 nitrogen and oxygen atoms in total. The molecule has 0 saturated carbocycles. The number of methoxy groups -OCH3 is 1. The van der Waals surface area contributed by atoms with Crippen LogP contribution in [-0.2, 0) is 14.8 Å². The van der Waals surface area contributed by atoms with E-state index in [9.17, 15) is 18.0 Å². The minimum atomic E-state index is -3.88. The molecule has 0 bridgehead atoms. The molecule has 24 heavy (non-hydrogen) atoms. The van der Waals surface area contributed by atoms with Crippen LogP contribution in [0.3, 0.4) is 0 Å². The van der Waals surface area contributed by atoms with Crippen molar-refractivity contribution < 1.29 is 27.5 Å². The first-order valence-electron chi connectivity index (χ1n) is 6.37. The Hall–Kier alpha value is -1.94. The van der Waals surface area contributed by atoms with Gasteiger partial charge in [0.2, 0.25) is 10.0 Å². The first-order chi connectivity index (χ1) is 11.2. The minimum Gasteiger partial charge on any atom is -0.495 e. The molecule has 128 valence electrons. The first kappa shape index (κ1) is 18.4. The molecule has 0 atom stereocenters. The van der Waals surface area contributed by atoms with E-state index in [2.05, 4.69) is 0 Å². The molecular weight excluding hydrogens is 378 g/mol. The third-order valence-corrected chi connectivity index (χ3v) is 5.58. The first-order valence-corrected chi connectivity index (χ1v) is 9.18. The smallest absolute Gasteiger partial charge is 0.339 e. The maximum Gasteiger partial charge on any atom is 0.339 e. The average molecular weight is 390 g/mol. The zero-order valence-electron chi connectivity index (χ0n) is 12.3. The van der Waals surface area contributed by atoms with Crippen molar-refractivity contribution in [2.24, 2.45) is 5.14 Å². The number of thiophene rings is 1. The van der Waals surface area contributed by atoms with Crippen LogP contribution in [0, 0.1) is 0 Å².